The van der Waals surface area contributed by atoms with Gasteiger partial charge < -0.3 is 0 Å². The first kappa shape index (κ1) is 18.1. The predicted octanol–water partition coefficient (Wildman–Crippen LogP) is 4.30. The fourth-order valence-electron chi connectivity index (χ4n) is 2.66. The molecule has 6 nitrogen and oxygen atoms in total. The highest BCUT2D eigenvalue weighted by molar-refractivity contribution is 7.99. The summed E-state index contributed by atoms with van der Waals surface area (Å²) in [7, 11) is 0. The Morgan fingerprint density at radius 3 is 2.15 bits per heavy atom. The maximum Gasteiger partial charge on any atom is 0.220 e. The van der Waals surface area contributed by atoms with Crippen molar-refractivity contribution in [1.29, 1.82) is 0 Å². The van der Waals surface area contributed by atoms with Crippen LogP contribution < -0.4 is 0 Å². The van der Waals surface area contributed by atoms with Crippen LogP contribution in [0.1, 0.15) is 27.8 Å². The number of nitro groups is 1. The van der Waals surface area contributed by atoms with Crippen LogP contribution in [0.15, 0.2) is 53.7 Å². The lowest BCUT2D eigenvalue weighted by molar-refractivity contribution is -0.479. The van der Waals surface area contributed by atoms with Gasteiger partial charge in [-0.2, -0.15) is 0 Å². The Balaban J connectivity index is 1.95. The summed E-state index contributed by atoms with van der Waals surface area (Å²) in [6.07, 6.45) is 0. The van der Waals surface area contributed by atoms with Crippen LogP contribution in [-0.2, 0) is 0 Å². The van der Waals surface area contributed by atoms with Crippen LogP contribution in [0.2, 0.25) is 0 Å². The maximum absolute atomic E-state index is 11.2. The highest BCUT2D eigenvalue weighted by Gasteiger charge is 2.23. The number of aromatic nitrogens is 3. The molecule has 0 spiro atoms. The highest BCUT2D eigenvalue weighted by atomic mass is 32.2. The SMILES string of the molecule is Cc1ccc([C@H](C[N+](=O)[O-])Sc2nnc(C)n2-c2ccc(C)cc2)cc1. The zero-order valence-corrected chi connectivity index (χ0v) is 15.7. The predicted molar refractivity (Wildman–Crippen MR) is 102 cm³/mol. The van der Waals surface area contributed by atoms with E-state index in [-0.39, 0.29) is 16.7 Å². The first-order valence-corrected chi connectivity index (χ1v) is 9.16. The molecule has 0 radical (unpaired) electrons. The molecule has 0 fully saturated rings. The third-order valence-electron chi connectivity index (χ3n) is 4.10. The highest BCUT2D eigenvalue weighted by Crippen LogP contribution is 2.36. The van der Waals surface area contributed by atoms with Crippen molar-refractivity contribution in [3.05, 3.63) is 81.2 Å². The van der Waals surface area contributed by atoms with Crippen molar-refractivity contribution in [2.24, 2.45) is 0 Å². The number of nitrogens with zero attached hydrogens (tertiary/aromatic N) is 4. The number of thioether (sulfide) groups is 1. The van der Waals surface area contributed by atoms with Crippen LogP contribution in [0.4, 0.5) is 0 Å². The Labute approximate surface area is 156 Å². The second kappa shape index (κ2) is 7.70. The lowest BCUT2D eigenvalue weighted by Crippen LogP contribution is -2.11. The fraction of sp³-hybridized carbons (Fsp3) is 0.263. The standard InChI is InChI=1S/C19H20N4O2S/c1-13-4-8-16(9-5-13)18(12-22(24)25)26-19-21-20-15(3)23(19)17-10-6-14(2)7-11-17/h4-11,18H,12H2,1-3H3/t18-/m0/s1. The molecule has 0 bridgehead atoms. The van der Waals surface area contributed by atoms with Gasteiger partial charge in [-0.25, -0.2) is 0 Å². The van der Waals surface area contributed by atoms with Crippen LogP contribution >= 0.6 is 11.8 Å². The minimum absolute atomic E-state index is 0.173. The van der Waals surface area contributed by atoms with Crippen molar-refractivity contribution in [2.75, 3.05) is 6.54 Å². The molecule has 0 amide bonds. The molecule has 1 aromatic heterocycles. The molecule has 0 saturated heterocycles. The second-order valence-electron chi connectivity index (χ2n) is 6.23. The Kier molecular flexibility index (Phi) is 5.37. The quantitative estimate of drug-likeness (QED) is 0.368. The topological polar surface area (TPSA) is 73.8 Å². The van der Waals surface area contributed by atoms with Gasteiger partial charge >= 0.3 is 0 Å². The van der Waals surface area contributed by atoms with E-state index in [0.29, 0.717) is 5.16 Å². The van der Waals surface area contributed by atoms with E-state index in [9.17, 15) is 10.1 Å². The van der Waals surface area contributed by atoms with Crippen LogP contribution in [0.3, 0.4) is 0 Å². The molecule has 0 aliphatic carbocycles. The Morgan fingerprint density at radius 1 is 1.00 bits per heavy atom. The fourth-order valence-corrected chi connectivity index (χ4v) is 3.84. The van der Waals surface area contributed by atoms with E-state index in [0.717, 1.165) is 22.6 Å². The summed E-state index contributed by atoms with van der Waals surface area (Å²) < 4.78 is 1.94. The maximum atomic E-state index is 11.2. The summed E-state index contributed by atoms with van der Waals surface area (Å²) in [5.74, 6) is 0.750. The van der Waals surface area contributed by atoms with E-state index in [2.05, 4.69) is 10.2 Å². The van der Waals surface area contributed by atoms with E-state index in [1.165, 1.54) is 17.3 Å². The minimum atomic E-state index is -0.335. The van der Waals surface area contributed by atoms with Crippen LogP contribution in [-0.4, -0.2) is 26.2 Å². The summed E-state index contributed by atoms with van der Waals surface area (Å²) in [6, 6.07) is 15.9. The first-order valence-electron chi connectivity index (χ1n) is 8.28. The van der Waals surface area contributed by atoms with Crippen molar-refractivity contribution in [3.63, 3.8) is 0 Å². The third kappa shape index (κ3) is 4.11. The number of rotatable bonds is 6. The lowest BCUT2D eigenvalue weighted by Gasteiger charge is -2.14. The molecule has 0 aliphatic rings. The molecule has 1 heterocycles. The molecule has 0 unspecified atom stereocenters. The molecule has 2 aromatic carbocycles. The van der Waals surface area contributed by atoms with Gasteiger partial charge in [0.15, 0.2) is 5.16 Å². The zero-order valence-electron chi connectivity index (χ0n) is 14.9. The number of benzene rings is 2. The molecule has 134 valence electrons. The van der Waals surface area contributed by atoms with Gasteiger partial charge in [-0.15, -0.1) is 10.2 Å². The zero-order chi connectivity index (χ0) is 18.7. The average Bonchev–Trinajstić information content (AvgIpc) is 2.96. The van der Waals surface area contributed by atoms with Crippen molar-refractivity contribution >= 4 is 11.8 Å². The van der Waals surface area contributed by atoms with Crippen LogP contribution in [0, 0.1) is 30.9 Å². The largest absolute Gasteiger partial charge is 0.274 e. The third-order valence-corrected chi connectivity index (χ3v) is 5.28. The van der Waals surface area contributed by atoms with E-state index in [1.807, 2.05) is 73.9 Å². The minimum Gasteiger partial charge on any atom is -0.274 e. The van der Waals surface area contributed by atoms with Gasteiger partial charge in [0, 0.05) is 10.6 Å². The molecule has 3 rings (SSSR count). The summed E-state index contributed by atoms with van der Waals surface area (Å²) >= 11 is 1.37. The lowest BCUT2D eigenvalue weighted by atomic mass is 10.1. The van der Waals surface area contributed by atoms with Crippen molar-refractivity contribution in [1.82, 2.24) is 14.8 Å². The van der Waals surface area contributed by atoms with Gasteiger partial charge in [0.2, 0.25) is 6.54 Å². The van der Waals surface area contributed by atoms with Crippen molar-refractivity contribution < 1.29 is 4.92 Å². The van der Waals surface area contributed by atoms with E-state index >= 15 is 0 Å². The summed E-state index contributed by atoms with van der Waals surface area (Å²) in [6.45, 7) is 5.73. The molecule has 0 aliphatic heterocycles. The van der Waals surface area contributed by atoms with E-state index in [4.69, 9.17) is 0 Å². The molecule has 0 saturated carbocycles. The molecule has 0 N–H and O–H groups in total. The van der Waals surface area contributed by atoms with Gasteiger partial charge in [-0.05, 0) is 38.5 Å². The Hall–Kier alpha value is -2.67. The number of hydrogen-bond acceptors (Lipinski definition) is 5. The van der Waals surface area contributed by atoms with E-state index in [1.54, 1.807) is 0 Å². The number of aryl methyl sites for hydroxylation is 3. The van der Waals surface area contributed by atoms with Crippen molar-refractivity contribution in [2.45, 2.75) is 31.2 Å². The molecular weight excluding hydrogens is 348 g/mol. The van der Waals surface area contributed by atoms with Gasteiger partial charge in [-0.1, -0.05) is 59.3 Å². The molecular formula is C19H20N4O2S. The van der Waals surface area contributed by atoms with Gasteiger partial charge in [0.1, 0.15) is 11.1 Å². The van der Waals surface area contributed by atoms with Gasteiger partial charge in [0.05, 0.1) is 0 Å². The number of hydrogen-bond donors (Lipinski definition) is 0. The molecule has 1 atom stereocenters. The summed E-state index contributed by atoms with van der Waals surface area (Å²) in [5, 5.41) is 19.9. The molecule has 7 heteroatoms. The summed E-state index contributed by atoms with van der Waals surface area (Å²) in [4.78, 5) is 10.9. The Bertz CT molecular complexity index is 904. The van der Waals surface area contributed by atoms with Gasteiger partial charge in [-0.3, -0.25) is 14.7 Å². The second-order valence-corrected chi connectivity index (χ2v) is 7.40. The van der Waals surface area contributed by atoms with Crippen molar-refractivity contribution in [3.8, 4) is 5.69 Å². The Morgan fingerprint density at radius 2 is 1.58 bits per heavy atom. The smallest absolute Gasteiger partial charge is 0.220 e. The van der Waals surface area contributed by atoms with Crippen LogP contribution in [0.5, 0.6) is 0 Å². The average molecular weight is 368 g/mol. The monoisotopic (exact) mass is 368 g/mol. The van der Waals surface area contributed by atoms with E-state index < -0.39 is 0 Å². The van der Waals surface area contributed by atoms with Gasteiger partial charge in [0.25, 0.3) is 0 Å². The molecule has 3 aromatic rings. The molecule has 26 heavy (non-hydrogen) atoms. The van der Waals surface area contributed by atoms with Crippen LogP contribution in [0.25, 0.3) is 5.69 Å². The summed E-state index contributed by atoms with van der Waals surface area (Å²) in [5.41, 5.74) is 4.15. The normalized spacial score (nSPS) is 12.1. The first-order chi connectivity index (χ1) is 12.4.